The van der Waals surface area contributed by atoms with Crippen molar-refractivity contribution >= 4 is 5.97 Å². The van der Waals surface area contributed by atoms with Gasteiger partial charge in [-0.2, -0.15) is 0 Å². The van der Waals surface area contributed by atoms with Crippen molar-refractivity contribution in [3.8, 4) is 0 Å². The summed E-state index contributed by atoms with van der Waals surface area (Å²) in [6.45, 7) is 4.39. The Hall–Kier alpha value is -0.570. The van der Waals surface area contributed by atoms with Gasteiger partial charge in [-0.15, -0.1) is 0 Å². The van der Waals surface area contributed by atoms with Gasteiger partial charge in [-0.05, 0) is 25.7 Å². The summed E-state index contributed by atoms with van der Waals surface area (Å²) in [5, 5.41) is 12.5. The van der Waals surface area contributed by atoms with Gasteiger partial charge in [0, 0.05) is 12.1 Å². The molecule has 2 N–H and O–H groups in total. The molecule has 0 bridgehead atoms. The van der Waals surface area contributed by atoms with Gasteiger partial charge in [0.25, 0.3) is 0 Å². The zero-order valence-corrected chi connectivity index (χ0v) is 10.5. The number of carboxylic acids is 1. The minimum Gasteiger partial charge on any atom is -0.481 e. The quantitative estimate of drug-likeness (QED) is 0.670. The Morgan fingerprint density at radius 1 is 1.31 bits per heavy atom. The number of hydrogen-bond donors (Lipinski definition) is 2. The van der Waals surface area contributed by atoms with Crippen LogP contribution in [0, 0.1) is 5.92 Å². The number of carbonyl (C=O) groups is 1. The first-order valence-electron chi connectivity index (χ1n) is 6.67. The average molecular weight is 227 g/mol. The van der Waals surface area contributed by atoms with Crippen LogP contribution in [-0.4, -0.2) is 23.2 Å². The van der Waals surface area contributed by atoms with E-state index >= 15 is 0 Å². The molecule has 0 radical (unpaired) electrons. The largest absolute Gasteiger partial charge is 0.481 e. The summed E-state index contributed by atoms with van der Waals surface area (Å²) < 4.78 is 0. The minimum atomic E-state index is -0.630. The normalized spacial score (nSPS) is 26.1. The van der Waals surface area contributed by atoms with Gasteiger partial charge in [0.05, 0.1) is 5.92 Å². The molecule has 0 heterocycles. The Morgan fingerprint density at radius 3 is 2.50 bits per heavy atom. The summed E-state index contributed by atoms with van der Waals surface area (Å²) in [6, 6.07) is 0.753. The fourth-order valence-corrected chi connectivity index (χ4v) is 2.41. The molecule has 1 fully saturated rings. The summed E-state index contributed by atoms with van der Waals surface area (Å²) in [6.07, 6.45) is 7.86. The topological polar surface area (TPSA) is 49.3 Å². The molecule has 0 saturated heterocycles. The first-order chi connectivity index (χ1) is 7.69. The lowest BCUT2D eigenvalue weighted by Gasteiger charge is -2.37. The number of hydrogen-bond acceptors (Lipinski definition) is 2. The number of nitrogens with one attached hydrogen (secondary N) is 1. The highest BCUT2D eigenvalue weighted by Crippen LogP contribution is 2.28. The summed E-state index contributed by atoms with van der Waals surface area (Å²) in [7, 11) is 0. The van der Waals surface area contributed by atoms with Crippen molar-refractivity contribution in [2.24, 2.45) is 5.92 Å². The van der Waals surface area contributed by atoms with Gasteiger partial charge in [0.1, 0.15) is 0 Å². The zero-order chi connectivity index (χ0) is 12.0. The van der Waals surface area contributed by atoms with Crippen LogP contribution in [-0.2, 0) is 4.79 Å². The first-order valence-corrected chi connectivity index (χ1v) is 6.67. The van der Waals surface area contributed by atoms with Crippen molar-refractivity contribution in [2.75, 3.05) is 0 Å². The van der Waals surface area contributed by atoms with Crippen LogP contribution < -0.4 is 5.32 Å². The molecule has 1 aliphatic carbocycles. The van der Waals surface area contributed by atoms with Crippen LogP contribution >= 0.6 is 0 Å². The molecule has 3 unspecified atom stereocenters. The van der Waals surface area contributed by atoms with E-state index in [1.807, 2.05) is 0 Å². The van der Waals surface area contributed by atoms with E-state index in [9.17, 15) is 4.79 Å². The molecule has 1 saturated carbocycles. The number of unbranched alkanes of at least 4 members (excludes halogenated alkanes) is 1. The molecule has 3 atom stereocenters. The highest BCUT2D eigenvalue weighted by atomic mass is 16.4. The van der Waals surface area contributed by atoms with Gasteiger partial charge < -0.3 is 10.4 Å². The maximum atomic E-state index is 10.9. The molecular formula is C13H25NO2. The van der Waals surface area contributed by atoms with E-state index in [4.69, 9.17) is 5.11 Å². The van der Waals surface area contributed by atoms with Crippen molar-refractivity contribution < 1.29 is 9.90 Å². The SMILES string of the molecule is CCCCC(CCC)NC1CCC1C(=O)O. The van der Waals surface area contributed by atoms with Crippen LogP contribution in [0.25, 0.3) is 0 Å². The lowest BCUT2D eigenvalue weighted by molar-refractivity contribution is -0.146. The Labute approximate surface area is 98.6 Å². The van der Waals surface area contributed by atoms with E-state index in [0.29, 0.717) is 6.04 Å². The second-order valence-corrected chi connectivity index (χ2v) is 4.92. The van der Waals surface area contributed by atoms with Crippen LogP contribution in [0.5, 0.6) is 0 Å². The van der Waals surface area contributed by atoms with E-state index in [-0.39, 0.29) is 12.0 Å². The van der Waals surface area contributed by atoms with Crippen LogP contribution in [0.2, 0.25) is 0 Å². The molecule has 1 rings (SSSR count). The van der Waals surface area contributed by atoms with E-state index in [2.05, 4.69) is 19.2 Å². The molecule has 3 nitrogen and oxygen atoms in total. The molecule has 0 aromatic rings. The van der Waals surface area contributed by atoms with Crippen molar-refractivity contribution in [2.45, 2.75) is 70.9 Å². The summed E-state index contributed by atoms with van der Waals surface area (Å²) in [5.74, 6) is -0.768. The summed E-state index contributed by atoms with van der Waals surface area (Å²) in [4.78, 5) is 10.9. The molecular weight excluding hydrogens is 202 g/mol. The Morgan fingerprint density at radius 2 is 2.06 bits per heavy atom. The van der Waals surface area contributed by atoms with Crippen molar-refractivity contribution in [3.63, 3.8) is 0 Å². The van der Waals surface area contributed by atoms with Gasteiger partial charge in [0.15, 0.2) is 0 Å². The van der Waals surface area contributed by atoms with Crippen LogP contribution in [0.1, 0.15) is 58.8 Å². The van der Waals surface area contributed by atoms with Crippen molar-refractivity contribution in [1.82, 2.24) is 5.32 Å². The van der Waals surface area contributed by atoms with Crippen molar-refractivity contribution in [3.05, 3.63) is 0 Å². The van der Waals surface area contributed by atoms with Crippen LogP contribution in [0.15, 0.2) is 0 Å². The average Bonchev–Trinajstić information content (AvgIpc) is 2.19. The van der Waals surface area contributed by atoms with Gasteiger partial charge >= 0.3 is 5.97 Å². The molecule has 0 amide bonds. The summed E-state index contributed by atoms with van der Waals surface area (Å²) >= 11 is 0. The van der Waals surface area contributed by atoms with Crippen LogP contribution in [0.3, 0.4) is 0 Å². The molecule has 0 aromatic heterocycles. The predicted octanol–water partition coefficient (Wildman–Crippen LogP) is 2.80. The minimum absolute atomic E-state index is 0.138. The zero-order valence-electron chi connectivity index (χ0n) is 10.5. The van der Waals surface area contributed by atoms with Crippen LogP contribution in [0.4, 0.5) is 0 Å². The third kappa shape index (κ3) is 3.78. The van der Waals surface area contributed by atoms with Crippen molar-refractivity contribution in [1.29, 1.82) is 0 Å². The second-order valence-electron chi connectivity index (χ2n) is 4.92. The molecule has 3 heteroatoms. The molecule has 0 aromatic carbocycles. The number of carboxylic acid groups (broad SMARTS) is 1. The van der Waals surface area contributed by atoms with E-state index < -0.39 is 5.97 Å². The predicted molar refractivity (Wildman–Crippen MR) is 65.5 cm³/mol. The van der Waals surface area contributed by atoms with Gasteiger partial charge in [-0.25, -0.2) is 0 Å². The lowest BCUT2D eigenvalue weighted by atomic mass is 9.79. The lowest BCUT2D eigenvalue weighted by Crippen LogP contribution is -2.51. The Kier molecular flexibility index (Phi) is 5.81. The van der Waals surface area contributed by atoms with E-state index in [1.165, 1.54) is 32.1 Å². The maximum Gasteiger partial charge on any atom is 0.308 e. The second kappa shape index (κ2) is 6.89. The van der Waals surface area contributed by atoms with E-state index in [0.717, 1.165) is 12.8 Å². The third-order valence-corrected chi connectivity index (χ3v) is 3.58. The highest BCUT2D eigenvalue weighted by Gasteiger charge is 2.37. The van der Waals surface area contributed by atoms with Gasteiger partial charge in [-0.3, -0.25) is 4.79 Å². The number of rotatable bonds is 8. The fourth-order valence-electron chi connectivity index (χ4n) is 2.41. The Balaban J connectivity index is 2.33. The maximum absolute atomic E-state index is 10.9. The van der Waals surface area contributed by atoms with Gasteiger partial charge in [0.2, 0.25) is 0 Å². The fraction of sp³-hybridized carbons (Fsp3) is 0.923. The third-order valence-electron chi connectivity index (χ3n) is 3.58. The Bertz CT molecular complexity index is 218. The number of aliphatic carboxylic acids is 1. The molecule has 94 valence electrons. The molecule has 16 heavy (non-hydrogen) atoms. The summed E-state index contributed by atoms with van der Waals surface area (Å²) in [5.41, 5.74) is 0. The van der Waals surface area contributed by atoms with E-state index in [1.54, 1.807) is 0 Å². The highest BCUT2D eigenvalue weighted by molar-refractivity contribution is 5.72. The van der Waals surface area contributed by atoms with Gasteiger partial charge in [-0.1, -0.05) is 33.1 Å². The standard InChI is InChI=1S/C13H25NO2/c1-3-5-7-10(6-4-2)14-12-9-8-11(12)13(15)16/h10-12,14H,3-9H2,1-2H3,(H,15,16). The molecule has 1 aliphatic rings. The monoisotopic (exact) mass is 227 g/mol. The smallest absolute Gasteiger partial charge is 0.308 e. The first kappa shape index (κ1) is 13.5. The molecule has 0 spiro atoms. The molecule has 0 aliphatic heterocycles.